The molecule has 3 N–H and O–H groups in total. The Kier molecular flexibility index (Phi) is 4.89. The zero-order valence-electron chi connectivity index (χ0n) is 15.5. The van der Waals surface area contributed by atoms with Crippen molar-refractivity contribution >= 4 is 28.5 Å². The minimum Gasteiger partial charge on any atom is -0.399 e. The molecule has 0 bridgehead atoms. The molecular formula is C21H22FN3O2S. The molecule has 1 amide bonds. The van der Waals surface area contributed by atoms with Gasteiger partial charge < -0.3 is 15.8 Å². The van der Waals surface area contributed by atoms with Crippen LogP contribution in [0.4, 0.5) is 10.1 Å². The fourth-order valence-corrected chi connectivity index (χ4v) is 4.91. The normalized spacial score (nSPS) is 29.5. The number of hydrogen-bond acceptors (Lipinski definition) is 5. The Morgan fingerprint density at radius 3 is 2.82 bits per heavy atom. The number of carbonyl (C=O) groups excluding carboxylic acids is 1. The number of carbonyl (C=O) groups is 1. The Hall–Kier alpha value is -2.38. The summed E-state index contributed by atoms with van der Waals surface area (Å²) in [5.74, 6) is -0.0883. The van der Waals surface area contributed by atoms with E-state index in [9.17, 15) is 4.79 Å². The van der Waals surface area contributed by atoms with Gasteiger partial charge in [-0.3, -0.25) is 4.79 Å². The molecule has 2 aliphatic heterocycles. The molecule has 2 aliphatic rings. The van der Waals surface area contributed by atoms with Crippen LogP contribution in [0.3, 0.4) is 0 Å². The van der Waals surface area contributed by atoms with Gasteiger partial charge in [-0.25, -0.2) is 9.38 Å². The molecule has 146 valence electrons. The van der Waals surface area contributed by atoms with E-state index in [0.717, 1.165) is 0 Å². The summed E-state index contributed by atoms with van der Waals surface area (Å²) in [5.41, 5.74) is 4.85. The lowest BCUT2D eigenvalue weighted by molar-refractivity contribution is -0.106. The number of rotatable bonds is 2. The summed E-state index contributed by atoms with van der Waals surface area (Å²) in [6.07, 6.45) is 0.0357. The van der Waals surface area contributed by atoms with Crippen LogP contribution in [0.25, 0.3) is 0 Å². The number of anilines is 1. The highest BCUT2D eigenvalue weighted by Gasteiger charge is 2.59. The smallest absolute Gasteiger partial charge is 0.257 e. The van der Waals surface area contributed by atoms with E-state index in [4.69, 9.17) is 15.5 Å². The first kappa shape index (κ1) is 19.0. The first-order valence-corrected chi connectivity index (χ1v) is 10.2. The zero-order chi connectivity index (χ0) is 19.8. The third-order valence-electron chi connectivity index (χ3n) is 5.28. The molecule has 3 atom stereocenters. The van der Waals surface area contributed by atoms with E-state index >= 15 is 4.39 Å². The van der Waals surface area contributed by atoms with Gasteiger partial charge in [0.15, 0.2) is 10.8 Å². The summed E-state index contributed by atoms with van der Waals surface area (Å²) in [7, 11) is 0. The van der Waals surface area contributed by atoms with Crippen LogP contribution in [-0.4, -0.2) is 35.2 Å². The summed E-state index contributed by atoms with van der Waals surface area (Å²) < 4.78 is 22.1. The van der Waals surface area contributed by atoms with Gasteiger partial charge in [-0.1, -0.05) is 42.1 Å². The lowest BCUT2D eigenvalue weighted by Gasteiger charge is -2.50. The number of nitrogen functional groups attached to an aromatic ring is 1. The van der Waals surface area contributed by atoms with Crippen molar-refractivity contribution in [2.24, 2.45) is 4.99 Å². The third-order valence-corrected chi connectivity index (χ3v) is 6.35. The van der Waals surface area contributed by atoms with Gasteiger partial charge in [0.1, 0.15) is 5.54 Å². The number of amides is 1. The van der Waals surface area contributed by atoms with Crippen molar-refractivity contribution in [3.63, 3.8) is 0 Å². The number of nitrogens with one attached hydrogen (secondary N) is 1. The Labute approximate surface area is 167 Å². The maximum atomic E-state index is 16.2. The number of fused-ring (bicyclic) bond motifs is 1. The second-order valence-corrected chi connectivity index (χ2v) is 8.27. The second kappa shape index (κ2) is 7.22. The lowest BCUT2D eigenvalue weighted by atomic mass is 9.73. The van der Waals surface area contributed by atoms with E-state index in [1.54, 1.807) is 42.5 Å². The molecule has 0 spiro atoms. The molecule has 1 saturated heterocycles. The van der Waals surface area contributed by atoms with Crippen LogP contribution >= 0.6 is 11.8 Å². The van der Waals surface area contributed by atoms with Crippen molar-refractivity contribution in [2.75, 3.05) is 18.1 Å². The van der Waals surface area contributed by atoms with Gasteiger partial charge in [0.05, 0.1) is 12.7 Å². The summed E-state index contributed by atoms with van der Waals surface area (Å²) in [4.78, 5) is 17.3. The molecule has 2 aromatic carbocycles. The molecule has 0 aliphatic carbocycles. The predicted octanol–water partition coefficient (Wildman–Crippen LogP) is 3.51. The SMILES string of the molecule is C[C@H]1C[C@@]2(F)CSC(NC(=O)c3ccccc3)=N[C@@]2(c2cccc(N)c2)CO1. The fraction of sp³-hybridized carbons (Fsp3) is 0.333. The standard InChI is InChI=1S/C21H22FN3O2S/c1-14-11-20(22)13-28-19(24-18(26)15-6-3-2-4-7-15)25-21(20,12-27-14)16-8-5-9-17(23)10-16/h2-10,14H,11-13,23H2,1H3,(H,24,25,26)/t14-,20+,21+/m0/s1. The van der Waals surface area contributed by atoms with E-state index in [-0.39, 0.29) is 30.8 Å². The molecule has 0 saturated carbocycles. The van der Waals surface area contributed by atoms with Crippen LogP contribution in [-0.2, 0) is 10.3 Å². The van der Waals surface area contributed by atoms with Crippen LogP contribution in [0.1, 0.15) is 29.3 Å². The van der Waals surface area contributed by atoms with E-state index in [1.165, 1.54) is 11.8 Å². The van der Waals surface area contributed by atoms with Crippen molar-refractivity contribution in [3.8, 4) is 0 Å². The molecule has 4 rings (SSSR count). The molecule has 7 heteroatoms. The number of benzene rings is 2. The van der Waals surface area contributed by atoms with Gasteiger partial charge in [-0.2, -0.15) is 0 Å². The molecular weight excluding hydrogens is 377 g/mol. The van der Waals surface area contributed by atoms with Crippen molar-refractivity contribution in [2.45, 2.75) is 30.7 Å². The molecule has 1 fully saturated rings. The van der Waals surface area contributed by atoms with Crippen LogP contribution in [0.5, 0.6) is 0 Å². The van der Waals surface area contributed by atoms with Gasteiger partial charge in [0.2, 0.25) is 0 Å². The van der Waals surface area contributed by atoms with Crippen molar-refractivity contribution in [1.82, 2.24) is 5.32 Å². The second-order valence-electron chi connectivity index (χ2n) is 7.30. The highest BCUT2D eigenvalue weighted by atomic mass is 32.2. The third kappa shape index (κ3) is 3.29. The van der Waals surface area contributed by atoms with Crippen molar-refractivity contribution in [1.29, 1.82) is 0 Å². The zero-order valence-corrected chi connectivity index (χ0v) is 16.3. The van der Waals surface area contributed by atoms with Crippen molar-refractivity contribution in [3.05, 3.63) is 65.7 Å². The fourth-order valence-electron chi connectivity index (χ4n) is 3.80. The summed E-state index contributed by atoms with van der Waals surface area (Å²) >= 11 is 1.23. The number of hydrogen-bond donors (Lipinski definition) is 2. The molecule has 0 unspecified atom stereocenters. The number of nitrogens with zero attached hydrogens (tertiary/aromatic N) is 1. The predicted molar refractivity (Wildman–Crippen MR) is 110 cm³/mol. The van der Waals surface area contributed by atoms with Crippen molar-refractivity contribution < 1.29 is 13.9 Å². The van der Waals surface area contributed by atoms with Gasteiger partial charge in [0.25, 0.3) is 5.91 Å². The van der Waals surface area contributed by atoms with Crippen LogP contribution in [0, 0.1) is 0 Å². The van der Waals surface area contributed by atoms with Gasteiger partial charge in [-0.05, 0) is 36.8 Å². The van der Waals surface area contributed by atoms with Gasteiger partial charge >= 0.3 is 0 Å². The molecule has 28 heavy (non-hydrogen) atoms. The average Bonchev–Trinajstić information content (AvgIpc) is 2.69. The summed E-state index contributed by atoms with van der Waals surface area (Å²) in [6, 6.07) is 16.0. The molecule has 2 heterocycles. The highest BCUT2D eigenvalue weighted by Crippen LogP contribution is 2.51. The first-order chi connectivity index (χ1) is 13.4. The molecule has 0 radical (unpaired) electrons. The minimum atomic E-state index is -1.59. The van der Waals surface area contributed by atoms with E-state index < -0.39 is 11.2 Å². The quantitative estimate of drug-likeness (QED) is 0.758. The largest absolute Gasteiger partial charge is 0.399 e. The Morgan fingerprint density at radius 2 is 2.07 bits per heavy atom. The summed E-state index contributed by atoms with van der Waals surface area (Å²) in [6.45, 7) is 1.96. The van der Waals surface area contributed by atoms with Crippen LogP contribution < -0.4 is 11.1 Å². The maximum absolute atomic E-state index is 16.2. The van der Waals surface area contributed by atoms with Crippen LogP contribution in [0.2, 0.25) is 0 Å². The average molecular weight is 399 g/mol. The Balaban J connectivity index is 1.73. The van der Waals surface area contributed by atoms with E-state index in [2.05, 4.69) is 5.32 Å². The topological polar surface area (TPSA) is 76.7 Å². The first-order valence-electron chi connectivity index (χ1n) is 9.17. The Morgan fingerprint density at radius 1 is 1.29 bits per heavy atom. The number of ether oxygens (including phenoxy) is 1. The number of alkyl halides is 1. The van der Waals surface area contributed by atoms with E-state index in [1.807, 2.05) is 19.1 Å². The van der Waals surface area contributed by atoms with Crippen LogP contribution in [0.15, 0.2) is 59.6 Å². The monoisotopic (exact) mass is 399 g/mol. The molecule has 0 aromatic heterocycles. The van der Waals surface area contributed by atoms with Gasteiger partial charge in [0, 0.05) is 23.4 Å². The number of nitrogens with two attached hydrogens (primary N) is 1. The molecule has 2 aromatic rings. The minimum absolute atomic E-state index is 0.0966. The Bertz CT molecular complexity index is 923. The number of halogens is 1. The lowest BCUT2D eigenvalue weighted by Crippen LogP contribution is -2.60. The number of amidine groups is 1. The summed E-state index contributed by atoms with van der Waals surface area (Å²) in [5, 5.41) is 3.22. The number of thioether (sulfide) groups is 1. The maximum Gasteiger partial charge on any atom is 0.257 e. The van der Waals surface area contributed by atoms with Gasteiger partial charge in [-0.15, -0.1) is 0 Å². The van der Waals surface area contributed by atoms with E-state index in [0.29, 0.717) is 22.0 Å². The highest BCUT2D eigenvalue weighted by molar-refractivity contribution is 8.14. The molecule has 5 nitrogen and oxygen atoms in total. The number of aliphatic imine (C=N–C) groups is 1.